The summed E-state index contributed by atoms with van der Waals surface area (Å²) in [6.45, 7) is 19.6. The van der Waals surface area contributed by atoms with E-state index in [2.05, 4.69) is 135 Å². The van der Waals surface area contributed by atoms with Gasteiger partial charge in [-0.15, -0.1) is 8.42 Å². The molecule has 0 spiro atoms. The summed E-state index contributed by atoms with van der Waals surface area (Å²) in [5.74, 6) is 0. The molecule has 3 nitrogen and oxygen atoms in total. The van der Waals surface area contributed by atoms with Crippen molar-refractivity contribution >= 4 is 20.4 Å². The van der Waals surface area contributed by atoms with Crippen molar-refractivity contribution < 1.29 is 12.0 Å². The minimum Gasteiger partial charge on any atom is -0.258 e. The first-order valence-electron chi connectivity index (χ1n) is 14.1. The minimum absolute atomic E-state index is 0.0352. The second-order valence-corrected chi connectivity index (χ2v) is 18.4. The maximum Gasteiger partial charge on any atom is 0.422 e. The van der Waals surface area contributed by atoms with Gasteiger partial charge in [0.05, 0.1) is 25.0 Å². The molecule has 5 heteroatoms. The maximum absolute atomic E-state index is 14.1. The van der Waals surface area contributed by atoms with Gasteiger partial charge in [0, 0.05) is 0 Å². The van der Waals surface area contributed by atoms with E-state index in [1.165, 1.54) is 16.7 Å². The summed E-state index contributed by atoms with van der Waals surface area (Å²) in [7, 11) is -6.60. The van der Waals surface area contributed by atoms with Crippen molar-refractivity contribution in [2.75, 3.05) is 0 Å². The minimum atomic E-state index is -4.02. The Kier molecular flexibility index (Phi) is 8.41. The van der Waals surface area contributed by atoms with Crippen LogP contribution in [0, 0.1) is 0 Å². The number of rotatable bonds is 6. The Morgan fingerprint density at radius 1 is 0.415 bits per heavy atom. The Labute approximate surface area is 249 Å². The molecule has 0 aliphatic heterocycles. The van der Waals surface area contributed by atoms with Gasteiger partial charge in [-0.1, -0.05) is 117 Å². The summed E-state index contributed by atoms with van der Waals surface area (Å²) in [4.78, 5) is 2.85. The van der Waals surface area contributed by atoms with Crippen LogP contribution in [0.3, 0.4) is 0 Å². The molecule has 0 bridgehead atoms. The number of hydrogen-bond acceptors (Lipinski definition) is 2. The van der Waals surface area contributed by atoms with E-state index in [4.69, 9.17) is 3.63 Å². The third kappa shape index (κ3) is 6.63. The fraction of sp³-hybridized carbons (Fsp3) is 0.333. The second-order valence-electron chi connectivity index (χ2n) is 13.8. The summed E-state index contributed by atoms with van der Waals surface area (Å²) in [6.07, 6.45) is 0. The molecule has 0 aliphatic rings. The molecule has 0 radical (unpaired) electrons. The third-order valence-corrected chi connectivity index (χ3v) is 12.8. The molecular formula is C36H45O3S2+. The normalized spacial score (nSPS) is 13.7. The van der Waals surface area contributed by atoms with E-state index in [0.29, 0.717) is 0 Å². The predicted molar refractivity (Wildman–Crippen MR) is 174 cm³/mol. The van der Waals surface area contributed by atoms with Gasteiger partial charge in [0.1, 0.15) is 4.90 Å². The second kappa shape index (κ2) is 11.1. The third-order valence-electron chi connectivity index (χ3n) is 7.44. The van der Waals surface area contributed by atoms with Crippen molar-refractivity contribution in [3.63, 3.8) is 0 Å². The Balaban J connectivity index is 2.05. The van der Waals surface area contributed by atoms with E-state index in [-0.39, 0.29) is 21.1 Å². The van der Waals surface area contributed by atoms with Gasteiger partial charge in [0.25, 0.3) is 0 Å². The average Bonchev–Trinajstić information content (AvgIpc) is 2.91. The highest BCUT2D eigenvalue weighted by Gasteiger charge is 2.44. The van der Waals surface area contributed by atoms with E-state index in [1.54, 1.807) is 24.3 Å². The summed E-state index contributed by atoms with van der Waals surface area (Å²) >= 11 is 0. The molecule has 0 aromatic heterocycles. The van der Waals surface area contributed by atoms with Gasteiger partial charge >= 0.3 is 10.1 Å². The molecule has 0 amide bonds. The van der Waals surface area contributed by atoms with Crippen molar-refractivity contribution in [2.45, 2.75) is 98.1 Å². The van der Waals surface area contributed by atoms with Crippen molar-refractivity contribution in [1.29, 1.82) is 0 Å². The van der Waals surface area contributed by atoms with Crippen LogP contribution in [0.4, 0.5) is 0 Å². The quantitative estimate of drug-likeness (QED) is 0.166. The molecular weight excluding hydrogens is 545 g/mol. The zero-order chi connectivity index (χ0) is 30.3. The van der Waals surface area contributed by atoms with Crippen molar-refractivity contribution in [1.82, 2.24) is 0 Å². The van der Waals surface area contributed by atoms with Crippen LogP contribution < -0.4 is 0 Å². The lowest BCUT2D eigenvalue weighted by atomic mass is 9.87. The van der Waals surface area contributed by atoms with Crippen LogP contribution >= 0.6 is 10.3 Å². The molecule has 0 aliphatic carbocycles. The van der Waals surface area contributed by atoms with Crippen molar-refractivity contribution in [2.24, 2.45) is 0 Å². The summed E-state index contributed by atoms with van der Waals surface area (Å²) in [5, 5.41) is 0. The fourth-order valence-electron chi connectivity index (χ4n) is 4.78. The van der Waals surface area contributed by atoms with Gasteiger partial charge in [0.2, 0.25) is 0 Å². The number of hydrogen-bond donors (Lipinski definition) is 0. The van der Waals surface area contributed by atoms with E-state index in [0.717, 1.165) is 14.7 Å². The van der Waals surface area contributed by atoms with Gasteiger partial charge in [-0.3, -0.25) is 3.63 Å². The molecule has 4 rings (SSSR count). The van der Waals surface area contributed by atoms with Crippen LogP contribution in [0.2, 0.25) is 0 Å². The van der Waals surface area contributed by atoms with E-state index in [1.807, 2.05) is 6.07 Å². The van der Waals surface area contributed by atoms with Gasteiger partial charge in [-0.05, 0) is 81.5 Å². The molecule has 0 atom stereocenters. The SMILES string of the molecule is CC(C)(C)c1ccc(S([OH+]S(=O)(=O)c2ccccc2)(c2ccc(C(C)(C)C)cc2)c2ccc(C(C)(C)C)cc2)cc1. The number of benzene rings is 4. The summed E-state index contributed by atoms with van der Waals surface area (Å²) < 4.78 is 33.2. The van der Waals surface area contributed by atoms with Gasteiger partial charge in [-0.2, -0.15) is 0 Å². The molecule has 1 N–H and O–H groups in total. The molecule has 0 saturated carbocycles. The lowest BCUT2D eigenvalue weighted by molar-refractivity contribution is 0.387. The van der Waals surface area contributed by atoms with E-state index in [9.17, 15) is 8.42 Å². The Morgan fingerprint density at radius 2 is 0.707 bits per heavy atom. The smallest absolute Gasteiger partial charge is 0.258 e. The van der Waals surface area contributed by atoms with Crippen LogP contribution in [0.1, 0.15) is 79.0 Å². The molecule has 0 fully saturated rings. The standard InChI is InChI=1S/C36H44O3S2/c1-34(2,3)27-15-21-30(22-16-27)40(31-23-17-28(18-24-31)35(4,5)6,32-25-19-29(20-26-32)36(7,8)9)39-41(37,38)33-13-11-10-12-14-33/h10-26H,1-9H3/p+1. The first kappa shape index (κ1) is 31.1. The van der Waals surface area contributed by atoms with Gasteiger partial charge in [-0.25, -0.2) is 0 Å². The molecule has 4 aromatic carbocycles. The molecule has 41 heavy (non-hydrogen) atoms. The van der Waals surface area contributed by atoms with E-state index < -0.39 is 20.4 Å². The fourth-order valence-corrected chi connectivity index (χ4v) is 10.2. The Hall–Kier alpha value is -2.86. The highest BCUT2D eigenvalue weighted by atomic mass is 32.3. The highest BCUT2D eigenvalue weighted by molar-refractivity contribution is 8.32. The van der Waals surface area contributed by atoms with Crippen molar-refractivity contribution in [3.05, 3.63) is 120 Å². The Morgan fingerprint density at radius 3 is 0.976 bits per heavy atom. The summed E-state index contributed by atoms with van der Waals surface area (Å²) in [6, 6.07) is 33.7. The first-order chi connectivity index (χ1) is 18.9. The van der Waals surface area contributed by atoms with Gasteiger partial charge in [0.15, 0.2) is 0 Å². The topological polar surface area (TPSA) is 46.9 Å². The molecule has 4 aromatic rings. The molecule has 0 heterocycles. The lowest BCUT2D eigenvalue weighted by Gasteiger charge is -2.36. The van der Waals surface area contributed by atoms with Crippen LogP contribution in [-0.2, 0) is 26.4 Å². The predicted octanol–water partition coefficient (Wildman–Crippen LogP) is 10.3. The largest absolute Gasteiger partial charge is 0.422 e. The van der Waals surface area contributed by atoms with Crippen molar-refractivity contribution in [3.8, 4) is 0 Å². The van der Waals surface area contributed by atoms with Gasteiger partial charge < -0.3 is 0 Å². The Bertz CT molecular complexity index is 1430. The average molecular weight is 590 g/mol. The molecule has 218 valence electrons. The summed E-state index contributed by atoms with van der Waals surface area (Å²) in [5.41, 5.74) is 3.45. The molecule has 0 unspecified atom stereocenters. The van der Waals surface area contributed by atoms with Crippen LogP contribution in [0.15, 0.2) is 123 Å². The highest BCUT2D eigenvalue weighted by Crippen LogP contribution is 2.68. The molecule has 0 saturated heterocycles. The lowest BCUT2D eigenvalue weighted by Crippen LogP contribution is -2.20. The van der Waals surface area contributed by atoms with Crippen LogP contribution in [0.25, 0.3) is 0 Å². The zero-order valence-corrected chi connectivity index (χ0v) is 27.5. The zero-order valence-electron chi connectivity index (χ0n) is 25.9. The first-order valence-corrected chi connectivity index (χ1v) is 17.2. The van der Waals surface area contributed by atoms with E-state index >= 15 is 0 Å². The van der Waals surface area contributed by atoms with Crippen LogP contribution in [0.5, 0.6) is 0 Å². The monoisotopic (exact) mass is 589 g/mol. The van der Waals surface area contributed by atoms with Crippen LogP contribution in [-0.4, -0.2) is 12.0 Å². The maximum atomic E-state index is 14.1.